The standard InChI is InChI=1S/C20H16FN2OS.BrH/c1-13-12-25-20-22(13)18(19(24)15-8-10-16(21)11-9-15)14(2)23(20)17-6-4-3-5-7-17;/h3-12H,1-2H3;1H/q+1;/p-1. The Balaban J connectivity index is 0.00000196. The Morgan fingerprint density at radius 2 is 1.69 bits per heavy atom. The third-order valence-electron chi connectivity index (χ3n) is 4.31. The summed E-state index contributed by atoms with van der Waals surface area (Å²) in [4.78, 5) is 14.1. The molecular weight excluding hydrogens is 415 g/mol. The predicted octanol–water partition coefficient (Wildman–Crippen LogP) is 1.27. The number of aryl methyl sites for hydroxylation is 1. The number of para-hydroxylation sites is 1. The normalized spacial score (nSPS) is 10.7. The number of hydrogen-bond acceptors (Lipinski definition) is 2. The number of carbonyl (C=O) groups excluding carboxylic acids is 1. The third kappa shape index (κ3) is 2.89. The van der Waals surface area contributed by atoms with Gasteiger partial charge in [0.1, 0.15) is 17.2 Å². The zero-order valence-electron chi connectivity index (χ0n) is 14.2. The zero-order chi connectivity index (χ0) is 17.6. The summed E-state index contributed by atoms with van der Waals surface area (Å²) in [6.07, 6.45) is 0. The van der Waals surface area contributed by atoms with Crippen LogP contribution in [0.4, 0.5) is 4.39 Å². The molecule has 0 aliphatic carbocycles. The van der Waals surface area contributed by atoms with Crippen molar-refractivity contribution in [3.63, 3.8) is 0 Å². The van der Waals surface area contributed by atoms with Gasteiger partial charge in [-0.05, 0) is 43.3 Å². The van der Waals surface area contributed by atoms with Gasteiger partial charge in [-0.15, -0.1) is 0 Å². The molecule has 0 saturated heterocycles. The first-order valence-corrected chi connectivity index (χ1v) is 8.82. The number of halogens is 2. The maximum atomic E-state index is 13.2. The second-order valence-corrected chi connectivity index (χ2v) is 6.77. The van der Waals surface area contributed by atoms with E-state index in [1.807, 2.05) is 54.0 Å². The molecule has 0 spiro atoms. The minimum Gasteiger partial charge on any atom is -1.00 e. The van der Waals surface area contributed by atoms with Gasteiger partial charge in [0.25, 0.3) is 0 Å². The van der Waals surface area contributed by atoms with Gasteiger partial charge in [0.05, 0.1) is 0 Å². The molecule has 0 N–H and O–H groups in total. The molecule has 2 heterocycles. The highest BCUT2D eigenvalue weighted by atomic mass is 79.9. The molecule has 0 bridgehead atoms. The molecule has 0 saturated carbocycles. The van der Waals surface area contributed by atoms with Crippen molar-refractivity contribution in [3.05, 3.63) is 88.4 Å². The van der Waals surface area contributed by atoms with E-state index in [-0.39, 0.29) is 28.6 Å². The predicted molar refractivity (Wildman–Crippen MR) is 96.1 cm³/mol. The van der Waals surface area contributed by atoms with Crippen LogP contribution < -0.4 is 21.5 Å². The van der Waals surface area contributed by atoms with E-state index in [1.54, 1.807) is 11.3 Å². The molecule has 2 aromatic carbocycles. The maximum Gasteiger partial charge on any atom is 0.351 e. The van der Waals surface area contributed by atoms with E-state index in [9.17, 15) is 9.18 Å². The van der Waals surface area contributed by atoms with Crippen LogP contribution >= 0.6 is 11.3 Å². The highest BCUT2D eigenvalue weighted by Crippen LogP contribution is 2.23. The lowest BCUT2D eigenvalue weighted by Gasteiger charge is -2.00. The second kappa shape index (κ2) is 7.13. The number of thiazole rings is 1. The number of carbonyl (C=O) groups is 1. The van der Waals surface area contributed by atoms with Gasteiger partial charge in [-0.3, -0.25) is 4.79 Å². The summed E-state index contributed by atoms with van der Waals surface area (Å²) in [5, 5.41) is 2.04. The molecule has 4 rings (SSSR count). The van der Waals surface area contributed by atoms with Gasteiger partial charge >= 0.3 is 4.96 Å². The summed E-state index contributed by atoms with van der Waals surface area (Å²) in [7, 11) is 0. The summed E-state index contributed by atoms with van der Waals surface area (Å²) >= 11 is 1.60. The number of benzene rings is 2. The highest BCUT2D eigenvalue weighted by molar-refractivity contribution is 7.14. The van der Waals surface area contributed by atoms with E-state index in [4.69, 9.17) is 0 Å². The van der Waals surface area contributed by atoms with Crippen molar-refractivity contribution in [3.8, 4) is 5.69 Å². The third-order valence-corrected chi connectivity index (χ3v) is 5.34. The first kappa shape index (κ1) is 18.5. The fourth-order valence-electron chi connectivity index (χ4n) is 3.12. The summed E-state index contributed by atoms with van der Waals surface area (Å²) in [5.74, 6) is -0.455. The SMILES string of the molecule is Cc1csc2n1c(C(=O)c1ccc(F)cc1)c(C)[n+]2-c1ccccc1.[Br-]. The molecule has 4 aromatic rings. The average Bonchev–Trinajstić information content (AvgIpc) is 3.12. The fourth-order valence-corrected chi connectivity index (χ4v) is 4.18. The minimum atomic E-state index is -0.348. The van der Waals surface area contributed by atoms with Crippen LogP contribution in [0.1, 0.15) is 27.4 Å². The fraction of sp³-hybridized carbons (Fsp3) is 0.100. The van der Waals surface area contributed by atoms with Crippen LogP contribution in [-0.4, -0.2) is 10.2 Å². The van der Waals surface area contributed by atoms with Crippen LogP contribution in [0, 0.1) is 19.7 Å². The van der Waals surface area contributed by atoms with Gasteiger partial charge in [0, 0.05) is 17.9 Å². The van der Waals surface area contributed by atoms with Gasteiger partial charge in [0.2, 0.25) is 11.5 Å². The number of fused-ring (bicyclic) bond motifs is 1. The van der Waals surface area contributed by atoms with Crippen LogP contribution in [0.25, 0.3) is 10.6 Å². The zero-order valence-corrected chi connectivity index (χ0v) is 16.6. The lowest BCUT2D eigenvalue weighted by atomic mass is 10.1. The molecule has 0 radical (unpaired) electrons. The van der Waals surface area contributed by atoms with Crippen molar-refractivity contribution in [2.45, 2.75) is 13.8 Å². The highest BCUT2D eigenvalue weighted by Gasteiger charge is 2.32. The molecular formula is C20H16BrFN2OS. The largest absolute Gasteiger partial charge is 1.00 e. The quantitative estimate of drug-likeness (QED) is 0.355. The van der Waals surface area contributed by atoms with Gasteiger partial charge in [0.15, 0.2) is 5.69 Å². The number of aromatic nitrogens is 2. The summed E-state index contributed by atoms with van der Waals surface area (Å²) < 4.78 is 17.3. The van der Waals surface area contributed by atoms with E-state index in [0.29, 0.717) is 11.3 Å². The Bertz CT molecular complexity index is 1080. The molecule has 26 heavy (non-hydrogen) atoms. The van der Waals surface area contributed by atoms with E-state index >= 15 is 0 Å². The van der Waals surface area contributed by atoms with Crippen LogP contribution in [0.5, 0.6) is 0 Å². The van der Waals surface area contributed by atoms with E-state index < -0.39 is 0 Å². The summed E-state index contributed by atoms with van der Waals surface area (Å²) in [6, 6.07) is 15.7. The molecule has 132 valence electrons. The second-order valence-electron chi connectivity index (χ2n) is 5.94. The van der Waals surface area contributed by atoms with E-state index in [0.717, 1.165) is 22.0 Å². The molecule has 0 atom stereocenters. The van der Waals surface area contributed by atoms with Crippen molar-refractivity contribution in [2.24, 2.45) is 0 Å². The maximum absolute atomic E-state index is 13.2. The average molecular weight is 431 g/mol. The van der Waals surface area contributed by atoms with Crippen LogP contribution in [0.3, 0.4) is 0 Å². The topological polar surface area (TPSA) is 25.4 Å². The number of imidazole rings is 1. The molecule has 3 nitrogen and oxygen atoms in total. The first-order chi connectivity index (χ1) is 12.1. The lowest BCUT2D eigenvalue weighted by Crippen LogP contribution is -3.00. The molecule has 2 aromatic heterocycles. The molecule has 0 aliphatic rings. The lowest BCUT2D eigenvalue weighted by molar-refractivity contribution is -0.571. The Labute approximate surface area is 165 Å². The monoisotopic (exact) mass is 430 g/mol. The van der Waals surface area contributed by atoms with Gasteiger partial charge in [-0.2, -0.15) is 8.97 Å². The van der Waals surface area contributed by atoms with Crippen molar-refractivity contribution in [2.75, 3.05) is 0 Å². The van der Waals surface area contributed by atoms with Crippen molar-refractivity contribution >= 4 is 22.1 Å². The Hall–Kier alpha value is -2.31. The van der Waals surface area contributed by atoms with E-state index in [2.05, 4.69) is 4.57 Å². The molecule has 0 fully saturated rings. The Morgan fingerprint density at radius 3 is 2.35 bits per heavy atom. The molecule has 0 amide bonds. The van der Waals surface area contributed by atoms with Gasteiger partial charge in [-0.1, -0.05) is 29.5 Å². The summed E-state index contributed by atoms with van der Waals surface area (Å²) in [6.45, 7) is 3.93. The van der Waals surface area contributed by atoms with Gasteiger partial charge < -0.3 is 17.0 Å². The number of rotatable bonds is 3. The van der Waals surface area contributed by atoms with Crippen molar-refractivity contribution in [1.29, 1.82) is 0 Å². The van der Waals surface area contributed by atoms with Crippen LogP contribution in [-0.2, 0) is 0 Å². The smallest absolute Gasteiger partial charge is 0.351 e. The van der Waals surface area contributed by atoms with E-state index in [1.165, 1.54) is 24.3 Å². The van der Waals surface area contributed by atoms with Crippen LogP contribution in [0.15, 0.2) is 60.0 Å². The van der Waals surface area contributed by atoms with Crippen molar-refractivity contribution < 1.29 is 30.7 Å². The number of ketones is 1. The molecule has 0 aliphatic heterocycles. The molecule has 0 unspecified atom stereocenters. The Morgan fingerprint density at radius 1 is 1.04 bits per heavy atom. The summed E-state index contributed by atoms with van der Waals surface area (Å²) in [5.41, 5.74) is 3.98. The van der Waals surface area contributed by atoms with Crippen LogP contribution in [0.2, 0.25) is 0 Å². The minimum absolute atomic E-state index is 0. The first-order valence-electron chi connectivity index (χ1n) is 7.95. The number of nitrogens with zero attached hydrogens (tertiary/aromatic N) is 2. The molecule has 6 heteroatoms. The van der Waals surface area contributed by atoms with Gasteiger partial charge in [-0.25, -0.2) is 4.39 Å². The van der Waals surface area contributed by atoms with Crippen molar-refractivity contribution in [1.82, 2.24) is 4.40 Å². The number of hydrogen-bond donors (Lipinski definition) is 0. The Kier molecular flexibility index (Phi) is 5.07.